The van der Waals surface area contributed by atoms with Crippen molar-refractivity contribution >= 4 is 0 Å². The largest absolute Gasteiger partial charge is 0.379 e. The Morgan fingerprint density at radius 3 is 1.64 bits per heavy atom. The topological polar surface area (TPSA) is 9.23 Å². The second kappa shape index (κ2) is 11.0. The minimum atomic E-state index is 0.540. The van der Waals surface area contributed by atoms with Crippen molar-refractivity contribution in [1.82, 2.24) is 0 Å². The van der Waals surface area contributed by atoms with Crippen molar-refractivity contribution in [3.8, 4) is 0 Å². The van der Waals surface area contributed by atoms with Gasteiger partial charge in [-0.05, 0) is 19.8 Å². The van der Waals surface area contributed by atoms with Crippen LogP contribution in [-0.4, -0.2) is 12.7 Å². The summed E-state index contributed by atoms with van der Waals surface area (Å²) in [5, 5.41) is 0. The van der Waals surface area contributed by atoms with Gasteiger partial charge in [-0.1, -0.05) is 52.4 Å². The fourth-order valence-electron chi connectivity index (χ4n) is 1.79. The van der Waals surface area contributed by atoms with Crippen LogP contribution in [0.5, 0.6) is 0 Å². The maximum Gasteiger partial charge on any atom is 0.0575 e. The fraction of sp³-hybridized carbons (Fsp3) is 1.00. The van der Waals surface area contributed by atoms with Crippen LogP contribution in [-0.2, 0) is 4.74 Å². The molecule has 1 heteroatoms. The maximum absolute atomic E-state index is 5.74. The molecule has 0 spiro atoms. The molecule has 1 nitrogen and oxygen atoms in total. The first-order valence-corrected chi connectivity index (χ1v) is 6.46. The third-order valence-corrected chi connectivity index (χ3v) is 2.66. The zero-order chi connectivity index (χ0) is 10.6. The van der Waals surface area contributed by atoms with E-state index in [-0.39, 0.29) is 0 Å². The van der Waals surface area contributed by atoms with E-state index in [1.165, 1.54) is 51.4 Å². The lowest BCUT2D eigenvalue weighted by Gasteiger charge is -2.16. The zero-order valence-electron chi connectivity index (χ0n) is 10.3. The van der Waals surface area contributed by atoms with Crippen molar-refractivity contribution in [3.05, 3.63) is 0 Å². The molecule has 0 aliphatic heterocycles. The van der Waals surface area contributed by atoms with Crippen LogP contribution in [0.1, 0.15) is 72.1 Å². The van der Waals surface area contributed by atoms with E-state index in [1.807, 2.05) is 0 Å². The molecule has 0 saturated carbocycles. The predicted molar refractivity (Wildman–Crippen MR) is 63.7 cm³/mol. The average molecular weight is 200 g/mol. The van der Waals surface area contributed by atoms with Crippen molar-refractivity contribution < 1.29 is 4.74 Å². The molecule has 0 heterocycles. The average Bonchev–Trinajstić information content (AvgIpc) is 2.18. The molecule has 0 radical (unpaired) electrons. The van der Waals surface area contributed by atoms with Gasteiger partial charge in [-0.25, -0.2) is 0 Å². The first-order valence-electron chi connectivity index (χ1n) is 6.46. The highest BCUT2D eigenvalue weighted by Gasteiger charge is 2.06. The number of unbranched alkanes of at least 4 members (excludes halogenated alkanes) is 4. The Morgan fingerprint density at radius 1 is 0.786 bits per heavy atom. The molecular weight excluding hydrogens is 172 g/mol. The highest BCUT2D eigenvalue weighted by molar-refractivity contribution is 4.58. The summed E-state index contributed by atoms with van der Waals surface area (Å²) in [6, 6.07) is 0. The summed E-state index contributed by atoms with van der Waals surface area (Å²) < 4.78 is 5.74. The Kier molecular flexibility index (Phi) is 11.0. The van der Waals surface area contributed by atoms with Gasteiger partial charge in [0.15, 0.2) is 0 Å². The fourth-order valence-corrected chi connectivity index (χ4v) is 1.79. The molecule has 0 rings (SSSR count). The molecule has 0 N–H and O–H groups in total. The summed E-state index contributed by atoms with van der Waals surface area (Å²) in [7, 11) is 0. The van der Waals surface area contributed by atoms with Crippen LogP contribution in [0, 0.1) is 0 Å². The van der Waals surface area contributed by atoms with Gasteiger partial charge < -0.3 is 4.74 Å². The number of hydrogen-bond donors (Lipinski definition) is 0. The van der Waals surface area contributed by atoms with E-state index in [0.29, 0.717) is 6.10 Å². The Labute approximate surface area is 90.2 Å². The number of rotatable bonds is 10. The third-order valence-electron chi connectivity index (χ3n) is 2.66. The van der Waals surface area contributed by atoms with Gasteiger partial charge in [-0.3, -0.25) is 0 Å². The molecule has 0 aromatic heterocycles. The van der Waals surface area contributed by atoms with Crippen LogP contribution >= 0.6 is 0 Å². The van der Waals surface area contributed by atoms with Gasteiger partial charge in [-0.2, -0.15) is 0 Å². The van der Waals surface area contributed by atoms with Crippen LogP contribution in [0.4, 0.5) is 0 Å². The Hall–Kier alpha value is -0.0400. The lowest BCUT2D eigenvalue weighted by molar-refractivity contribution is 0.0472. The third kappa shape index (κ3) is 8.55. The lowest BCUT2D eigenvalue weighted by atomic mass is 10.0. The van der Waals surface area contributed by atoms with Gasteiger partial charge in [0.1, 0.15) is 0 Å². The number of ether oxygens (including phenoxy) is 1. The molecule has 86 valence electrons. The van der Waals surface area contributed by atoms with Gasteiger partial charge in [0.25, 0.3) is 0 Å². The van der Waals surface area contributed by atoms with Crippen LogP contribution < -0.4 is 0 Å². The molecule has 0 atom stereocenters. The Morgan fingerprint density at radius 2 is 1.29 bits per heavy atom. The molecule has 14 heavy (non-hydrogen) atoms. The van der Waals surface area contributed by atoms with Crippen molar-refractivity contribution in [3.63, 3.8) is 0 Å². The Balaban J connectivity index is 3.44. The molecular formula is C13H28O. The molecule has 0 aromatic carbocycles. The van der Waals surface area contributed by atoms with E-state index < -0.39 is 0 Å². The summed E-state index contributed by atoms with van der Waals surface area (Å²) in [6.07, 6.45) is 11.1. The highest BCUT2D eigenvalue weighted by atomic mass is 16.5. The van der Waals surface area contributed by atoms with Gasteiger partial charge >= 0.3 is 0 Å². The molecule has 0 unspecified atom stereocenters. The summed E-state index contributed by atoms with van der Waals surface area (Å²) >= 11 is 0. The smallest absolute Gasteiger partial charge is 0.0575 e. The second-order valence-electron chi connectivity index (χ2n) is 4.07. The molecule has 0 saturated heterocycles. The van der Waals surface area contributed by atoms with Gasteiger partial charge in [-0.15, -0.1) is 0 Å². The summed E-state index contributed by atoms with van der Waals surface area (Å²) in [5.41, 5.74) is 0. The van der Waals surface area contributed by atoms with E-state index in [9.17, 15) is 0 Å². The van der Waals surface area contributed by atoms with Crippen LogP contribution in [0.2, 0.25) is 0 Å². The van der Waals surface area contributed by atoms with E-state index in [2.05, 4.69) is 20.8 Å². The van der Waals surface area contributed by atoms with Gasteiger partial charge in [0, 0.05) is 6.61 Å². The summed E-state index contributed by atoms with van der Waals surface area (Å²) in [5.74, 6) is 0. The van der Waals surface area contributed by atoms with Crippen LogP contribution in [0.15, 0.2) is 0 Å². The van der Waals surface area contributed by atoms with Crippen molar-refractivity contribution in [2.75, 3.05) is 6.61 Å². The Bertz CT molecular complexity index is 91.4. The van der Waals surface area contributed by atoms with Gasteiger partial charge in [0.05, 0.1) is 6.10 Å². The summed E-state index contributed by atoms with van der Waals surface area (Å²) in [4.78, 5) is 0. The molecule has 0 aliphatic carbocycles. The molecule has 0 aromatic rings. The minimum Gasteiger partial charge on any atom is -0.379 e. The molecule has 0 amide bonds. The van der Waals surface area contributed by atoms with E-state index >= 15 is 0 Å². The highest BCUT2D eigenvalue weighted by Crippen LogP contribution is 2.13. The lowest BCUT2D eigenvalue weighted by Crippen LogP contribution is -2.12. The zero-order valence-corrected chi connectivity index (χ0v) is 10.3. The predicted octanol–water partition coefficient (Wildman–Crippen LogP) is 4.55. The van der Waals surface area contributed by atoms with Crippen molar-refractivity contribution in [1.29, 1.82) is 0 Å². The second-order valence-corrected chi connectivity index (χ2v) is 4.07. The molecule has 0 bridgehead atoms. The summed E-state index contributed by atoms with van der Waals surface area (Å²) in [6.45, 7) is 7.50. The van der Waals surface area contributed by atoms with E-state index in [4.69, 9.17) is 4.74 Å². The SMILES string of the molecule is CCCCCC(CCCCC)OCC. The first kappa shape index (κ1) is 14.0. The standard InChI is InChI=1S/C13H28O/c1-4-7-9-11-13(14-6-3)12-10-8-5-2/h13H,4-12H2,1-3H3. The monoisotopic (exact) mass is 200 g/mol. The van der Waals surface area contributed by atoms with Crippen LogP contribution in [0.3, 0.4) is 0 Å². The maximum atomic E-state index is 5.74. The normalized spacial score (nSPS) is 11.1. The molecule has 0 fully saturated rings. The van der Waals surface area contributed by atoms with Crippen molar-refractivity contribution in [2.24, 2.45) is 0 Å². The number of hydrogen-bond acceptors (Lipinski definition) is 1. The quantitative estimate of drug-likeness (QED) is 0.470. The van der Waals surface area contributed by atoms with Crippen LogP contribution in [0.25, 0.3) is 0 Å². The molecule has 0 aliphatic rings. The minimum absolute atomic E-state index is 0.540. The van der Waals surface area contributed by atoms with E-state index in [0.717, 1.165) is 6.61 Å². The van der Waals surface area contributed by atoms with Gasteiger partial charge in [0.2, 0.25) is 0 Å². The van der Waals surface area contributed by atoms with E-state index in [1.54, 1.807) is 0 Å². The first-order chi connectivity index (χ1) is 6.85. The van der Waals surface area contributed by atoms with Crippen molar-refractivity contribution in [2.45, 2.75) is 78.2 Å².